The number of carbonyl (C=O) groups excluding carboxylic acids is 1. The number of hydrogen-bond acceptors (Lipinski definition) is 3. The molecule has 2 rings (SSSR count). The summed E-state index contributed by atoms with van der Waals surface area (Å²) in [5.41, 5.74) is 1.73. The Morgan fingerprint density at radius 1 is 1.00 bits per heavy atom. The predicted molar refractivity (Wildman–Crippen MR) is 88.2 cm³/mol. The van der Waals surface area contributed by atoms with Crippen molar-refractivity contribution in [2.24, 2.45) is 0 Å². The van der Waals surface area contributed by atoms with Gasteiger partial charge in [-0.15, -0.1) is 0 Å². The minimum atomic E-state index is -0.749. The van der Waals surface area contributed by atoms with E-state index in [1.807, 2.05) is 18.2 Å². The van der Waals surface area contributed by atoms with Crippen molar-refractivity contribution in [3.05, 3.63) is 75.8 Å². The van der Waals surface area contributed by atoms with E-state index in [4.69, 9.17) is 27.9 Å². The Kier molecular flexibility index (Phi) is 5.87. The molecule has 0 fully saturated rings. The van der Waals surface area contributed by atoms with Gasteiger partial charge < -0.3 is 9.47 Å². The summed E-state index contributed by atoms with van der Waals surface area (Å²) in [5.74, 6) is 0. The zero-order valence-corrected chi connectivity index (χ0v) is 13.3. The zero-order valence-electron chi connectivity index (χ0n) is 11.8. The minimum Gasteiger partial charge on any atom is -0.438 e. The standard InChI is InChI=1S/C17H14Cl2O3/c1-21-17(20)22-16(13-5-9-15(19)10-6-13)11-4-12-2-7-14(18)8-3-12/h2-11,16H,1H3/b11-4+/t16-/m0/s1. The average Bonchev–Trinajstić information content (AvgIpc) is 2.53. The van der Waals surface area contributed by atoms with Gasteiger partial charge in [0.05, 0.1) is 7.11 Å². The third-order valence-electron chi connectivity index (χ3n) is 2.92. The summed E-state index contributed by atoms with van der Waals surface area (Å²) in [5, 5.41) is 1.28. The molecule has 0 aliphatic heterocycles. The van der Waals surface area contributed by atoms with Crippen LogP contribution in [-0.2, 0) is 9.47 Å². The van der Waals surface area contributed by atoms with Crippen molar-refractivity contribution in [2.75, 3.05) is 7.11 Å². The molecule has 1 atom stereocenters. The number of carbonyl (C=O) groups is 1. The van der Waals surface area contributed by atoms with Gasteiger partial charge in [0.25, 0.3) is 0 Å². The quantitative estimate of drug-likeness (QED) is 0.688. The van der Waals surface area contributed by atoms with Crippen molar-refractivity contribution in [3.8, 4) is 0 Å². The highest BCUT2D eigenvalue weighted by Gasteiger charge is 2.14. The Morgan fingerprint density at radius 2 is 1.55 bits per heavy atom. The van der Waals surface area contributed by atoms with Crippen LogP contribution in [0, 0.1) is 0 Å². The van der Waals surface area contributed by atoms with E-state index < -0.39 is 12.3 Å². The Labute approximate surface area is 139 Å². The maximum absolute atomic E-state index is 11.4. The highest BCUT2D eigenvalue weighted by Crippen LogP contribution is 2.23. The monoisotopic (exact) mass is 336 g/mol. The van der Waals surface area contributed by atoms with Gasteiger partial charge in [0.1, 0.15) is 6.10 Å². The second-order valence-corrected chi connectivity index (χ2v) is 5.33. The van der Waals surface area contributed by atoms with Crippen LogP contribution in [0.5, 0.6) is 0 Å². The SMILES string of the molecule is COC(=O)O[C@@H](/C=C/c1ccc(Cl)cc1)c1ccc(Cl)cc1. The van der Waals surface area contributed by atoms with Gasteiger partial charge in [-0.1, -0.05) is 53.5 Å². The number of methoxy groups -OCH3 is 1. The van der Waals surface area contributed by atoms with Crippen LogP contribution in [0.4, 0.5) is 4.79 Å². The van der Waals surface area contributed by atoms with Crippen molar-refractivity contribution >= 4 is 35.4 Å². The summed E-state index contributed by atoms with van der Waals surface area (Å²) in [6.45, 7) is 0. The first-order valence-electron chi connectivity index (χ1n) is 6.52. The topological polar surface area (TPSA) is 35.5 Å². The molecular weight excluding hydrogens is 323 g/mol. The van der Waals surface area contributed by atoms with E-state index in [2.05, 4.69) is 4.74 Å². The van der Waals surface area contributed by atoms with Gasteiger partial charge in [-0.05, 0) is 41.5 Å². The highest BCUT2D eigenvalue weighted by molar-refractivity contribution is 6.30. The molecule has 0 radical (unpaired) electrons. The lowest BCUT2D eigenvalue weighted by molar-refractivity contribution is 0.0524. The number of ether oxygens (including phenoxy) is 2. The maximum atomic E-state index is 11.4. The molecule has 0 amide bonds. The summed E-state index contributed by atoms with van der Waals surface area (Å²) in [6, 6.07) is 14.4. The van der Waals surface area contributed by atoms with Crippen LogP contribution in [0.25, 0.3) is 6.08 Å². The van der Waals surface area contributed by atoms with Crippen molar-refractivity contribution in [1.29, 1.82) is 0 Å². The fourth-order valence-electron chi connectivity index (χ4n) is 1.80. The van der Waals surface area contributed by atoms with Gasteiger partial charge in [0.2, 0.25) is 0 Å². The molecule has 0 unspecified atom stereocenters. The maximum Gasteiger partial charge on any atom is 0.508 e. The van der Waals surface area contributed by atoms with Gasteiger partial charge in [-0.2, -0.15) is 0 Å². The van der Waals surface area contributed by atoms with Crippen molar-refractivity contribution in [1.82, 2.24) is 0 Å². The lowest BCUT2D eigenvalue weighted by atomic mass is 10.1. The molecule has 0 aliphatic rings. The molecule has 0 aromatic heterocycles. The molecule has 22 heavy (non-hydrogen) atoms. The van der Waals surface area contributed by atoms with Crippen LogP contribution in [0.1, 0.15) is 17.2 Å². The molecule has 0 aliphatic carbocycles. The smallest absolute Gasteiger partial charge is 0.438 e. The van der Waals surface area contributed by atoms with Crippen molar-refractivity contribution in [3.63, 3.8) is 0 Å². The number of hydrogen-bond donors (Lipinski definition) is 0. The van der Waals surface area contributed by atoms with Crippen LogP contribution in [0.3, 0.4) is 0 Å². The van der Waals surface area contributed by atoms with Gasteiger partial charge >= 0.3 is 6.16 Å². The first kappa shape index (κ1) is 16.4. The summed E-state index contributed by atoms with van der Waals surface area (Å²) >= 11 is 11.7. The van der Waals surface area contributed by atoms with E-state index in [9.17, 15) is 4.79 Å². The van der Waals surface area contributed by atoms with Crippen LogP contribution >= 0.6 is 23.2 Å². The van der Waals surface area contributed by atoms with Gasteiger partial charge in [-0.25, -0.2) is 4.79 Å². The molecule has 0 N–H and O–H groups in total. The number of rotatable bonds is 4. The van der Waals surface area contributed by atoms with E-state index in [0.717, 1.165) is 11.1 Å². The molecule has 2 aromatic carbocycles. The molecule has 0 heterocycles. The molecule has 0 saturated heterocycles. The second kappa shape index (κ2) is 7.87. The molecule has 0 spiro atoms. The number of benzene rings is 2. The van der Waals surface area contributed by atoms with Gasteiger partial charge in [0, 0.05) is 10.0 Å². The van der Waals surface area contributed by atoms with Crippen LogP contribution < -0.4 is 0 Å². The van der Waals surface area contributed by atoms with Crippen LogP contribution in [0.15, 0.2) is 54.6 Å². The van der Waals surface area contributed by atoms with E-state index in [1.54, 1.807) is 42.5 Å². The first-order chi connectivity index (χ1) is 10.6. The lowest BCUT2D eigenvalue weighted by Crippen LogP contribution is -2.09. The molecule has 0 saturated carbocycles. The van der Waals surface area contributed by atoms with Gasteiger partial charge in [-0.3, -0.25) is 0 Å². The summed E-state index contributed by atoms with van der Waals surface area (Å²) in [7, 11) is 1.27. The first-order valence-corrected chi connectivity index (χ1v) is 7.28. The third-order valence-corrected chi connectivity index (χ3v) is 3.43. The molecular formula is C17H14Cl2O3. The lowest BCUT2D eigenvalue weighted by Gasteiger charge is -2.14. The molecule has 3 nitrogen and oxygen atoms in total. The summed E-state index contributed by atoms with van der Waals surface area (Å²) in [6.07, 6.45) is 2.29. The molecule has 2 aromatic rings. The fraction of sp³-hybridized carbons (Fsp3) is 0.118. The van der Waals surface area contributed by atoms with Crippen LogP contribution in [0.2, 0.25) is 10.0 Å². The zero-order chi connectivity index (χ0) is 15.9. The Morgan fingerprint density at radius 3 is 2.09 bits per heavy atom. The highest BCUT2D eigenvalue weighted by atomic mass is 35.5. The van der Waals surface area contributed by atoms with Crippen molar-refractivity contribution < 1.29 is 14.3 Å². The van der Waals surface area contributed by atoms with Gasteiger partial charge in [0.15, 0.2) is 0 Å². The van der Waals surface area contributed by atoms with E-state index in [1.165, 1.54) is 7.11 Å². The minimum absolute atomic E-state index is 0.569. The Bertz CT molecular complexity index is 649. The second-order valence-electron chi connectivity index (χ2n) is 4.45. The average molecular weight is 337 g/mol. The fourth-order valence-corrected chi connectivity index (χ4v) is 2.05. The number of halogens is 2. The summed E-state index contributed by atoms with van der Waals surface area (Å²) < 4.78 is 9.81. The predicted octanol–water partition coefficient (Wildman–Crippen LogP) is 5.53. The van der Waals surface area contributed by atoms with E-state index >= 15 is 0 Å². The van der Waals surface area contributed by atoms with Crippen molar-refractivity contribution in [2.45, 2.75) is 6.10 Å². The largest absolute Gasteiger partial charge is 0.508 e. The third kappa shape index (κ3) is 4.79. The Hall–Kier alpha value is -1.97. The van der Waals surface area contributed by atoms with E-state index in [0.29, 0.717) is 10.0 Å². The van der Waals surface area contributed by atoms with Crippen LogP contribution in [-0.4, -0.2) is 13.3 Å². The normalized spacial score (nSPS) is 12.1. The molecule has 0 bridgehead atoms. The Balaban J connectivity index is 2.21. The molecule has 5 heteroatoms. The summed E-state index contributed by atoms with van der Waals surface area (Å²) in [4.78, 5) is 11.4. The van der Waals surface area contributed by atoms with E-state index in [-0.39, 0.29) is 0 Å². The molecule has 114 valence electrons.